The lowest BCUT2D eigenvalue weighted by Crippen LogP contribution is -2.46. The van der Waals surface area contributed by atoms with Crippen molar-refractivity contribution in [3.8, 4) is 0 Å². The van der Waals surface area contributed by atoms with Crippen molar-refractivity contribution in [1.82, 2.24) is 0 Å². The van der Waals surface area contributed by atoms with Gasteiger partial charge in [-0.1, -0.05) is 25.0 Å². The van der Waals surface area contributed by atoms with Crippen molar-refractivity contribution in [3.63, 3.8) is 0 Å². The topological polar surface area (TPSA) is 26.3 Å². The molecule has 0 aliphatic heterocycles. The molecule has 2 heteroatoms. The summed E-state index contributed by atoms with van der Waals surface area (Å²) in [6.07, 6.45) is 9.94. The quantitative estimate of drug-likeness (QED) is 0.658. The van der Waals surface area contributed by atoms with Gasteiger partial charge in [-0.25, -0.2) is 0 Å². The highest BCUT2D eigenvalue weighted by Gasteiger charge is 2.56. The van der Waals surface area contributed by atoms with Crippen molar-refractivity contribution in [2.75, 3.05) is 7.11 Å². The summed E-state index contributed by atoms with van der Waals surface area (Å²) in [6, 6.07) is 0. The maximum absolute atomic E-state index is 12.4. The lowest BCUT2D eigenvalue weighted by atomic mass is 9.52. The second-order valence-corrected chi connectivity index (χ2v) is 8.27. The zero-order chi connectivity index (χ0) is 15.5. The number of fused-ring (bicyclic) bond motifs is 4. The summed E-state index contributed by atoms with van der Waals surface area (Å²) < 4.78 is 5.49. The van der Waals surface area contributed by atoms with Crippen LogP contribution in [0.25, 0.3) is 0 Å². The van der Waals surface area contributed by atoms with Gasteiger partial charge in [0.2, 0.25) is 0 Å². The molecule has 0 aromatic rings. The molecular weight excluding hydrogens is 272 g/mol. The van der Waals surface area contributed by atoms with Gasteiger partial charge in [-0.2, -0.15) is 0 Å². The van der Waals surface area contributed by atoms with Gasteiger partial charge in [-0.3, -0.25) is 4.79 Å². The summed E-state index contributed by atoms with van der Waals surface area (Å²) in [4.78, 5) is 12.4. The molecule has 0 bridgehead atoms. The minimum absolute atomic E-state index is 0.00428. The van der Waals surface area contributed by atoms with Crippen LogP contribution in [0.5, 0.6) is 0 Å². The molecule has 0 spiro atoms. The monoisotopic (exact) mass is 300 g/mol. The van der Waals surface area contributed by atoms with Crippen LogP contribution in [0, 0.1) is 29.1 Å². The first-order valence-electron chi connectivity index (χ1n) is 9.01. The smallest absolute Gasteiger partial charge is 0.139 e. The molecule has 0 saturated heterocycles. The first kappa shape index (κ1) is 14.5. The molecule has 2 nitrogen and oxygen atoms in total. The number of methoxy groups -OCH3 is 1. The van der Waals surface area contributed by atoms with Gasteiger partial charge >= 0.3 is 0 Å². The summed E-state index contributed by atoms with van der Waals surface area (Å²) in [5.41, 5.74) is 3.36. The highest BCUT2D eigenvalue weighted by atomic mass is 16.5. The Bertz CT molecular complexity index is 570. The average Bonchev–Trinajstić information content (AvgIpc) is 2.82. The highest BCUT2D eigenvalue weighted by Crippen LogP contribution is 2.61. The predicted octanol–water partition coefficient (Wildman–Crippen LogP) is 4.66. The summed E-state index contributed by atoms with van der Waals surface area (Å²) in [5.74, 6) is 4.53. The van der Waals surface area contributed by atoms with Gasteiger partial charge in [0.15, 0.2) is 0 Å². The molecule has 4 aliphatic rings. The van der Waals surface area contributed by atoms with Crippen molar-refractivity contribution in [1.29, 1.82) is 0 Å². The molecule has 2 saturated carbocycles. The number of rotatable bonds is 1. The van der Waals surface area contributed by atoms with Crippen molar-refractivity contribution in [2.24, 2.45) is 29.1 Å². The molecule has 0 heterocycles. The van der Waals surface area contributed by atoms with Crippen molar-refractivity contribution in [2.45, 2.75) is 58.8 Å². The van der Waals surface area contributed by atoms with E-state index in [0.717, 1.165) is 55.6 Å². The van der Waals surface area contributed by atoms with E-state index in [2.05, 4.69) is 19.9 Å². The van der Waals surface area contributed by atoms with Crippen LogP contribution in [0.2, 0.25) is 0 Å². The molecule has 0 aromatic carbocycles. The van der Waals surface area contributed by atoms with Gasteiger partial charge in [0, 0.05) is 18.3 Å². The fraction of sp³-hybridized carbons (Fsp3) is 0.750. The Kier molecular flexibility index (Phi) is 3.29. The summed E-state index contributed by atoms with van der Waals surface area (Å²) in [7, 11) is 1.79. The second kappa shape index (κ2) is 4.97. The van der Waals surface area contributed by atoms with Crippen LogP contribution in [0.4, 0.5) is 0 Å². The van der Waals surface area contributed by atoms with Crippen LogP contribution in [0.15, 0.2) is 23.0 Å². The van der Waals surface area contributed by atoms with Gasteiger partial charge in [-0.15, -0.1) is 0 Å². The Morgan fingerprint density at radius 3 is 2.91 bits per heavy atom. The standard InChI is InChI=1S/C20H28O2/c1-12-10-13-11-14(22-3)4-5-15(13)16-8-9-20(2)17(19(12)16)6-7-18(20)21/h4,12,16-17,19H,5-11H2,1-3H3. The number of allylic oxidation sites excluding steroid dienone is 3. The molecule has 120 valence electrons. The number of carbonyl (C=O) groups excluding carboxylic acids is 1. The molecule has 0 aromatic heterocycles. The zero-order valence-corrected chi connectivity index (χ0v) is 14.2. The van der Waals surface area contributed by atoms with E-state index in [1.54, 1.807) is 18.3 Å². The average molecular weight is 300 g/mol. The van der Waals surface area contributed by atoms with Gasteiger partial charge in [0.25, 0.3) is 0 Å². The number of hydrogen-bond donors (Lipinski definition) is 0. The van der Waals surface area contributed by atoms with Crippen molar-refractivity contribution in [3.05, 3.63) is 23.0 Å². The fourth-order valence-electron chi connectivity index (χ4n) is 6.23. The van der Waals surface area contributed by atoms with E-state index in [4.69, 9.17) is 4.74 Å². The van der Waals surface area contributed by atoms with Gasteiger partial charge in [0.1, 0.15) is 5.78 Å². The first-order chi connectivity index (χ1) is 10.5. The third-order valence-electron chi connectivity index (χ3n) is 7.37. The van der Waals surface area contributed by atoms with E-state index in [9.17, 15) is 4.79 Å². The van der Waals surface area contributed by atoms with E-state index in [1.807, 2.05) is 0 Å². The third kappa shape index (κ3) is 1.88. The van der Waals surface area contributed by atoms with Crippen LogP contribution in [-0.2, 0) is 9.53 Å². The summed E-state index contributed by atoms with van der Waals surface area (Å²) in [6.45, 7) is 4.70. The summed E-state index contributed by atoms with van der Waals surface area (Å²) >= 11 is 0. The molecule has 0 N–H and O–H groups in total. The lowest BCUT2D eigenvalue weighted by molar-refractivity contribution is -0.130. The number of ether oxygens (including phenoxy) is 1. The van der Waals surface area contributed by atoms with E-state index >= 15 is 0 Å². The Balaban J connectivity index is 1.67. The Labute approximate surface area is 134 Å². The number of Topliss-reactive ketones (excluding diaryl/α,β-unsaturated/α-hetero) is 1. The number of ketones is 1. The Hall–Kier alpha value is -1.05. The highest BCUT2D eigenvalue weighted by molar-refractivity contribution is 5.87. The van der Waals surface area contributed by atoms with Crippen LogP contribution >= 0.6 is 0 Å². The molecule has 5 atom stereocenters. The first-order valence-corrected chi connectivity index (χ1v) is 9.01. The van der Waals surface area contributed by atoms with Crippen molar-refractivity contribution < 1.29 is 9.53 Å². The van der Waals surface area contributed by atoms with E-state index in [0.29, 0.717) is 11.7 Å². The molecule has 22 heavy (non-hydrogen) atoms. The molecule has 2 fully saturated rings. The number of carbonyl (C=O) groups is 1. The van der Waals surface area contributed by atoms with Crippen LogP contribution in [0.3, 0.4) is 0 Å². The lowest BCUT2D eigenvalue weighted by Gasteiger charge is -2.52. The maximum atomic E-state index is 12.4. The van der Waals surface area contributed by atoms with Crippen LogP contribution in [-0.4, -0.2) is 12.9 Å². The van der Waals surface area contributed by atoms with Gasteiger partial charge in [0.05, 0.1) is 12.9 Å². The van der Waals surface area contributed by atoms with Gasteiger partial charge < -0.3 is 4.74 Å². The normalized spacial score (nSPS) is 44.1. The van der Waals surface area contributed by atoms with Crippen LogP contribution < -0.4 is 0 Å². The van der Waals surface area contributed by atoms with Crippen LogP contribution in [0.1, 0.15) is 58.8 Å². The van der Waals surface area contributed by atoms with E-state index < -0.39 is 0 Å². The molecule has 0 amide bonds. The SMILES string of the molecule is COC1=CCC2=C(C1)CC(C)C1C2CCC2(C)C(=O)CCC12. The van der Waals surface area contributed by atoms with Crippen molar-refractivity contribution >= 4 is 5.78 Å². The largest absolute Gasteiger partial charge is 0.501 e. The minimum atomic E-state index is -0.00428. The summed E-state index contributed by atoms with van der Waals surface area (Å²) in [5, 5.41) is 0. The molecule has 4 rings (SSSR count). The number of hydrogen-bond acceptors (Lipinski definition) is 2. The maximum Gasteiger partial charge on any atom is 0.139 e. The van der Waals surface area contributed by atoms with E-state index in [-0.39, 0.29) is 5.41 Å². The predicted molar refractivity (Wildman–Crippen MR) is 87.2 cm³/mol. The zero-order valence-electron chi connectivity index (χ0n) is 14.2. The Morgan fingerprint density at radius 1 is 1.32 bits per heavy atom. The second-order valence-electron chi connectivity index (χ2n) is 8.27. The molecule has 0 radical (unpaired) electrons. The Morgan fingerprint density at radius 2 is 2.14 bits per heavy atom. The van der Waals surface area contributed by atoms with Gasteiger partial charge in [-0.05, 0) is 61.9 Å². The fourth-order valence-corrected chi connectivity index (χ4v) is 6.23. The molecule has 4 aliphatic carbocycles. The molecule has 5 unspecified atom stereocenters. The molecular formula is C20H28O2. The third-order valence-corrected chi connectivity index (χ3v) is 7.37. The minimum Gasteiger partial charge on any atom is -0.501 e. The van der Waals surface area contributed by atoms with E-state index in [1.165, 1.54) is 12.8 Å².